The fraction of sp³-hybridized carbons (Fsp3) is 0.762. The topological polar surface area (TPSA) is 96.9 Å². The maximum absolute atomic E-state index is 12.9. The number of rotatable bonds is 4. The number of nitrogens with one attached hydrogen (secondary N) is 2. The van der Waals surface area contributed by atoms with E-state index >= 15 is 0 Å². The fourth-order valence-electron chi connectivity index (χ4n) is 6.06. The smallest absolute Gasteiger partial charge is 0.234 e. The molecule has 1 heterocycles. The average Bonchev–Trinajstić information content (AvgIpc) is 2.76. The van der Waals surface area contributed by atoms with Crippen LogP contribution in [0.4, 0.5) is 11.9 Å². The lowest BCUT2D eigenvalue weighted by Gasteiger charge is -2.45. The molecule has 150 valence electrons. The highest BCUT2D eigenvalue weighted by atomic mass is 16.2. The number of amides is 2. The summed E-state index contributed by atoms with van der Waals surface area (Å²) in [5, 5.41) is 5.80. The molecule has 0 atom stereocenters. The van der Waals surface area contributed by atoms with Gasteiger partial charge in [0.25, 0.3) is 0 Å². The molecule has 28 heavy (non-hydrogen) atoms. The molecule has 2 amide bonds. The van der Waals surface area contributed by atoms with Crippen molar-refractivity contribution in [2.24, 2.45) is 22.7 Å². The van der Waals surface area contributed by atoms with Crippen molar-refractivity contribution < 1.29 is 9.59 Å². The molecule has 4 bridgehead atoms. The molecule has 0 unspecified atom stereocenters. The minimum Gasteiger partial charge on any atom is -0.294 e. The number of carbonyl (C=O) groups excluding carboxylic acids is 2. The van der Waals surface area contributed by atoms with Gasteiger partial charge in [-0.15, -0.1) is 0 Å². The summed E-state index contributed by atoms with van der Waals surface area (Å²) < 4.78 is 0. The van der Waals surface area contributed by atoms with Gasteiger partial charge in [-0.05, 0) is 88.9 Å². The Morgan fingerprint density at radius 2 is 1.07 bits per heavy atom. The van der Waals surface area contributed by atoms with Gasteiger partial charge in [-0.25, -0.2) is 9.97 Å². The summed E-state index contributed by atoms with van der Waals surface area (Å²) >= 11 is 0. The highest BCUT2D eigenvalue weighted by Crippen LogP contribution is 2.51. The highest BCUT2D eigenvalue weighted by Gasteiger charge is 2.47. The number of carbonyl (C=O) groups is 2. The van der Waals surface area contributed by atoms with Crippen molar-refractivity contribution in [1.82, 2.24) is 15.0 Å². The fourth-order valence-corrected chi connectivity index (χ4v) is 6.06. The Labute approximate surface area is 165 Å². The Morgan fingerprint density at radius 1 is 0.714 bits per heavy atom. The van der Waals surface area contributed by atoms with E-state index in [9.17, 15) is 9.59 Å². The summed E-state index contributed by atoms with van der Waals surface area (Å²) in [6.07, 6.45) is 14.0. The normalized spacial score (nSPS) is 36.1. The van der Waals surface area contributed by atoms with Crippen molar-refractivity contribution in [3.63, 3.8) is 0 Å². The first-order valence-electron chi connectivity index (χ1n) is 10.9. The van der Waals surface area contributed by atoms with Crippen LogP contribution in [0.5, 0.6) is 0 Å². The highest BCUT2D eigenvalue weighted by molar-refractivity contribution is 5.95. The SMILES string of the molecule is O=C(Nc1ncnc(NC(=O)C23CCC(CC2)CC3)n1)C12CCC(CC1)CC2. The van der Waals surface area contributed by atoms with Crippen LogP contribution in [-0.2, 0) is 9.59 Å². The molecular weight excluding hydrogens is 354 g/mol. The molecule has 0 spiro atoms. The lowest BCUT2D eigenvalue weighted by Crippen LogP contribution is -2.44. The minimum atomic E-state index is -0.259. The second-order valence-corrected chi connectivity index (χ2v) is 9.57. The van der Waals surface area contributed by atoms with Crippen LogP contribution in [0.25, 0.3) is 0 Å². The van der Waals surface area contributed by atoms with Crippen molar-refractivity contribution in [2.75, 3.05) is 10.6 Å². The van der Waals surface area contributed by atoms with Crippen LogP contribution in [0.3, 0.4) is 0 Å². The maximum atomic E-state index is 12.9. The molecule has 1 aromatic heterocycles. The second-order valence-electron chi connectivity index (χ2n) is 9.57. The molecule has 0 saturated heterocycles. The van der Waals surface area contributed by atoms with Crippen LogP contribution in [0, 0.1) is 22.7 Å². The standard InChI is InChI=1S/C21H29N5O2/c27-16(20-7-1-14(2-8-20)3-9-20)24-18-22-13-23-19(26-18)25-17(28)21-10-4-15(5-11-21)6-12-21/h13-15H,1-12H2,(H2,22,23,24,25,26,27,28). The third-order valence-electron chi connectivity index (χ3n) is 8.17. The Morgan fingerprint density at radius 3 is 1.43 bits per heavy atom. The molecule has 6 aliphatic carbocycles. The third kappa shape index (κ3) is 3.08. The molecule has 1 aromatic rings. The van der Waals surface area contributed by atoms with E-state index < -0.39 is 0 Å². The Bertz CT molecular complexity index is 690. The van der Waals surface area contributed by atoms with E-state index in [0.717, 1.165) is 88.9 Å². The molecule has 7 heteroatoms. The second kappa shape index (κ2) is 6.78. The molecule has 6 aliphatic rings. The lowest BCUT2D eigenvalue weighted by molar-refractivity contribution is -0.131. The Balaban J connectivity index is 1.26. The van der Waals surface area contributed by atoms with E-state index in [1.54, 1.807) is 0 Å². The Hall–Kier alpha value is -2.05. The number of hydrogen-bond donors (Lipinski definition) is 2. The number of anilines is 2. The minimum absolute atomic E-state index is 0.0262. The van der Waals surface area contributed by atoms with Gasteiger partial charge in [0.2, 0.25) is 23.7 Å². The number of aromatic nitrogens is 3. The monoisotopic (exact) mass is 383 g/mol. The van der Waals surface area contributed by atoms with Gasteiger partial charge in [0.1, 0.15) is 6.33 Å². The largest absolute Gasteiger partial charge is 0.294 e. The summed E-state index contributed by atoms with van der Waals surface area (Å²) in [6.45, 7) is 0. The van der Waals surface area contributed by atoms with Gasteiger partial charge in [0.15, 0.2) is 0 Å². The van der Waals surface area contributed by atoms with E-state index in [1.807, 2.05) is 0 Å². The van der Waals surface area contributed by atoms with Crippen LogP contribution in [0.15, 0.2) is 6.33 Å². The molecule has 0 aromatic carbocycles. The molecule has 6 fully saturated rings. The average molecular weight is 383 g/mol. The number of nitrogens with zero attached hydrogens (tertiary/aromatic N) is 3. The van der Waals surface area contributed by atoms with Crippen LogP contribution in [-0.4, -0.2) is 26.8 Å². The molecule has 2 N–H and O–H groups in total. The summed E-state index contributed by atoms with van der Waals surface area (Å²) in [5.74, 6) is 2.15. The lowest BCUT2D eigenvalue weighted by atomic mass is 9.60. The van der Waals surface area contributed by atoms with Crippen LogP contribution in [0.2, 0.25) is 0 Å². The molecular formula is C21H29N5O2. The van der Waals surface area contributed by atoms with Crippen molar-refractivity contribution in [1.29, 1.82) is 0 Å². The zero-order valence-electron chi connectivity index (χ0n) is 16.4. The quantitative estimate of drug-likeness (QED) is 0.826. The Kier molecular flexibility index (Phi) is 4.36. The van der Waals surface area contributed by atoms with Gasteiger partial charge < -0.3 is 0 Å². The molecule has 0 aliphatic heterocycles. The van der Waals surface area contributed by atoms with E-state index in [2.05, 4.69) is 25.6 Å². The van der Waals surface area contributed by atoms with Crippen molar-refractivity contribution in [2.45, 2.75) is 77.0 Å². The molecule has 7 nitrogen and oxygen atoms in total. The van der Waals surface area contributed by atoms with E-state index in [-0.39, 0.29) is 34.5 Å². The van der Waals surface area contributed by atoms with E-state index in [1.165, 1.54) is 6.33 Å². The predicted octanol–water partition coefficient (Wildman–Crippen LogP) is 3.69. The number of fused-ring (bicyclic) bond motifs is 6. The van der Waals surface area contributed by atoms with Gasteiger partial charge >= 0.3 is 0 Å². The van der Waals surface area contributed by atoms with Crippen LogP contribution < -0.4 is 10.6 Å². The maximum Gasteiger partial charge on any atom is 0.234 e. The first-order valence-corrected chi connectivity index (χ1v) is 10.9. The molecule has 7 rings (SSSR count). The number of hydrogen-bond acceptors (Lipinski definition) is 5. The summed E-state index contributed by atoms with van der Waals surface area (Å²) in [5.41, 5.74) is -0.519. The summed E-state index contributed by atoms with van der Waals surface area (Å²) in [6, 6.07) is 0. The van der Waals surface area contributed by atoms with Crippen molar-refractivity contribution in [3.05, 3.63) is 6.33 Å². The zero-order valence-corrected chi connectivity index (χ0v) is 16.4. The van der Waals surface area contributed by atoms with Gasteiger partial charge in [-0.3, -0.25) is 20.2 Å². The third-order valence-corrected chi connectivity index (χ3v) is 8.17. The van der Waals surface area contributed by atoms with E-state index in [4.69, 9.17) is 0 Å². The predicted molar refractivity (Wildman–Crippen MR) is 104 cm³/mol. The first kappa shape index (κ1) is 18.0. The molecule has 0 radical (unpaired) electrons. The van der Waals surface area contributed by atoms with Gasteiger partial charge in [0.05, 0.1) is 0 Å². The summed E-state index contributed by atoms with van der Waals surface area (Å²) in [4.78, 5) is 38.4. The summed E-state index contributed by atoms with van der Waals surface area (Å²) in [7, 11) is 0. The van der Waals surface area contributed by atoms with Crippen molar-refractivity contribution in [3.8, 4) is 0 Å². The zero-order chi connectivity index (χ0) is 19.2. The van der Waals surface area contributed by atoms with Gasteiger partial charge in [-0.2, -0.15) is 4.98 Å². The van der Waals surface area contributed by atoms with Gasteiger partial charge in [-0.1, -0.05) is 0 Å². The van der Waals surface area contributed by atoms with E-state index in [0.29, 0.717) is 0 Å². The molecule has 6 saturated carbocycles. The first-order chi connectivity index (χ1) is 13.6. The van der Waals surface area contributed by atoms with Crippen LogP contribution in [0.1, 0.15) is 77.0 Å². The van der Waals surface area contributed by atoms with Crippen LogP contribution >= 0.6 is 0 Å². The van der Waals surface area contributed by atoms with Gasteiger partial charge in [0, 0.05) is 10.8 Å². The van der Waals surface area contributed by atoms with Crippen molar-refractivity contribution >= 4 is 23.7 Å².